The van der Waals surface area contributed by atoms with Crippen molar-refractivity contribution < 1.29 is 4.74 Å². The lowest BCUT2D eigenvalue weighted by molar-refractivity contribution is 0.112. The molecular formula is C10H12OS. The molecule has 0 heterocycles. The van der Waals surface area contributed by atoms with Crippen LogP contribution in [0.15, 0.2) is 23.1 Å². The molecule has 0 saturated carbocycles. The molecule has 0 N–H and O–H groups in total. The van der Waals surface area contributed by atoms with Gasteiger partial charge in [-0.2, -0.15) is 0 Å². The van der Waals surface area contributed by atoms with Gasteiger partial charge in [-0.3, -0.25) is 0 Å². The van der Waals surface area contributed by atoms with Gasteiger partial charge in [0, 0.05) is 18.4 Å². The molecule has 1 aromatic rings. The van der Waals surface area contributed by atoms with Crippen LogP contribution in [-0.4, -0.2) is 13.2 Å². The van der Waals surface area contributed by atoms with Gasteiger partial charge >= 0.3 is 0 Å². The normalized spacial score (nSPS) is 21.0. The molecular weight excluding hydrogens is 168 g/mol. The summed E-state index contributed by atoms with van der Waals surface area (Å²) < 4.78 is 5.31. The summed E-state index contributed by atoms with van der Waals surface area (Å²) in [5.41, 5.74) is 2.77. The fraction of sp³-hybridized carbons (Fsp3) is 0.400. The summed E-state index contributed by atoms with van der Waals surface area (Å²) in [4.78, 5) is 1.10. The highest BCUT2D eigenvalue weighted by Gasteiger charge is 2.21. The van der Waals surface area contributed by atoms with Gasteiger partial charge in [-0.05, 0) is 23.6 Å². The summed E-state index contributed by atoms with van der Waals surface area (Å²) in [5.74, 6) is 0. The predicted octanol–water partition coefficient (Wildman–Crippen LogP) is 2.09. The second-order valence-corrected chi connectivity index (χ2v) is 3.66. The third-order valence-electron chi connectivity index (χ3n) is 2.46. The first-order valence-corrected chi connectivity index (χ1v) is 4.58. The third-order valence-corrected chi connectivity index (χ3v) is 2.88. The van der Waals surface area contributed by atoms with E-state index in [1.54, 1.807) is 7.11 Å². The Bertz CT molecular complexity index is 296. The average molecular weight is 180 g/mol. The number of hydrogen-bond acceptors (Lipinski definition) is 2. The van der Waals surface area contributed by atoms with Crippen LogP contribution in [0, 0.1) is 0 Å². The zero-order valence-electron chi connectivity index (χ0n) is 7.08. The largest absolute Gasteiger partial charge is 0.381 e. The summed E-state index contributed by atoms with van der Waals surface area (Å²) in [6.07, 6.45) is 2.43. The molecule has 1 aliphatic rings. The molecule has 0 aliphatic heterocycles. The standard InChI is InChI=1S/C10H12OS/c1-11-8-5-7-3-2-4-10(12)9(7)6-8/h2-4,8,12H,5-6H2,1H3. The Balaban J connectivity index is 2.35. The van der Waals surface area contributed by atoms with Crippen molar-refractivity contribution in [1.29, 1.82) is 0 Å². The molecule has 0 saturated heterocycles. The predicted molar refractivity (Wildman–Crippen MR) is 51.9 cm³/mol. The second kappa shape index (κ2) is 3.11. The molecule has 2 heteroatoms. The van der Waals surface area contributed by atoms with Crippen LogP contribution in [-0.2, 0) is 17.6 Å². The lowest BCUT2D eigenvalue weighted by Crippen LogP contribution is -2.08. The number of benzene rings is 1. The zero-order valence-corrected chi connectivity index (χ0v) is 7.97. The lowest BCUT2D eigenvalue weighted by atomic mass is 10.1. The molecule has 1 aliphatic carbocycles. The lowest BCUT2D eigenvalue weighted by Gasteiger charge is -2.04. The van der Waals surface area contributed by atoms with Crippen LogP contribution in [0.5, 0.6) is 0 Å². The quantitative estimate of drug-likeness (QED) is 0.651. The van der Waals surface area contributed by atoms with Crippen molar-refractivity contribution in [3.8, 4) is 0 Å². The van der Waals surface area contributed by atoms with Crippen molar-refractivity contribution in [1.82, 2.24) is 0 Å². The molecule has 0 radical (unpaired) electrons. The number of hydrogen-bond donors (Lipinski definition) is 1. The summed E-state index contributed by atoms with van der Waals surface area (Å²) in [7, 11) is 1.77. The van der Waals surface area contributed by atoms with Gasteiger partial charge in [-0.1, -0.05) is 12.1 Å². The van der Waals surface area contributed by atoms with Crippen LogP contribution in [0.3, 0.4) is 0 Å². The van der Waals surface area contributed by atoms with Crippen LogP contribution in [0.1, 0.15) is 11.1 Å². The Morgan fingerprint density at radius 2 is 2.25 bits per heavy atom. The fourth-order valence-corrected chi connectivity index (χ4v) is 2.08. The van der Waals surface area contributed by atoms with Crippen LogP contribution in [0.2, 0.25) is 0 Å². The maximum absolute atomic E-state index is 5.31. The summed E-state index contributed by atoms with van der Waals surface area (Å²) >= 11 is 4.41. The fourth-order valence-electron chi connectivity index (χ4n) is 1.76. The van der Waals surface area contributed by atoms with Gasteiger partial charge in [-0.25, -0.2) is 0 Å². The Hall–Kier alpha value is -0.470. The van der Waals surface area contributed by atoms with E-state index in [0.717, 1.165) is 17.7 Å². The number of rotatable bonds is 1. The molecule has 1 unspecified atom stereocenters. The van der Waals surface area contributed by atoms with E-state index in [0.29, 0.717) is 6.10 Å². The van der Waals surface area contributed by atoms with Gasteiger partial charge in [0.25, 0.3) is 0 Å². The van der Waals surface area contributed by atoms with E-state index in [1.165, 1.54) is 11.1 Å². The first-order chi connectivity index (χ1) is 5.81. The minimum Gasteiger partial charge on any atom is -0.381 e. The number of methoxy groups -OCH3 is 1. The van der Waals surface area contributed by atoms with Crippen LogP contribution in [0.4, 0.5) is 0 Å². The molecule has 0 aromatic heterocycles. The van der Waals surface area contributed by atoms with Gasteiger partial charge in [0.05, 0.1) is 6.10 Å². The Morgan fingerprint density at radius 3 is 2.92 bits per heavy atom. The van der Waals surface area contributed by atoms with Crippen LogP contribution in [0.25, 0.3) is 0 Å². The van der Waals surface area contributed by atoms with Gasteiger partial charge in [0.2, 0.25) is 0 Å². The van der Waals surface area contributed by atoms with Crippen molar-refractivity contribution in [2.24, 2.45) is 0 Å². The SMILES string of the molecule is COC1Cc2cccc(S)c2C1. The zero-order chi connectivity index (χ0) is 8.55. The molecule has 64 valence electrons. The smallest absolute Gasteiger partial charge is 0.0652 e. The maximum Gasteiger partial charge on any atom is 0.0652 e. The Morgan fingerprint density at radius 1 is 1.42 bits per heavy atom. The molecule has 1 aromatic carbocycles. The molecule has 12 heavy (non-hydrogen) atoms. The van der Waals surface area contributed by atoms with E-state index in [-0.39, 0.29) is 0 Å². The minimum atomic E-state index is 0.369. The summed E-state index contributed by atoms with van der Waals surface area (Å²) in [6, 6.07) is 6.26. The summed E-state index contributed by atoms with van der Waals surface area (Å²) in [6.45, 7) is 0. The average Bonchev–Trinajstić information content (AvgIpc) is 2.49. The molecule has 0 fully saturated rings. The molecule has 0 amide bonds. The third kappa shape index (κ3) is 1.25. The van der Waals surface area contributed by atoms with E-state index >= 15 is 0 Å². The molecule has 0 spiro atoms. The van der Waals surface area contributed by atoms with Gasteiger partial charge in [0.1, 0.15) is 0 Å². The van der Waals surface area contributed by atoms with Crippen molar-refractivity contribution >= 4 is 12.6 Å². The molecule has 2 rings (SSSR count). The molecule has 0 bridgehead atoms. The Kier molecular flexibility index (Phi) is 2.11. The Labute approximate surface area is 78.2 Å². The topological polar surface area (TPSA) is 9.23 Å². The van der Waals surface area contributed by atoms with E-state index in [2.05, 4.69) is 24.8 Å². The maximum atomic E-state index is 5.31. The second-order valence-electron chi connectivity index (χ2n) is 3.18. The van der Waals surface area contributed by atoms with E-state index < -0.39 is 0 Å². The summed E-state index contributed by atoms with van der Waals surface area (Å²) in [5, 5.41) is 0. The number of thiol groups is 1. The number of ether oxygens (including phenoxy) is 1. The van der Waals surface area contributed by atoms with Crippen molar-refractivity contribution in [2.75, 3.05) is 7.11 Å². The molecule has 1 atom stereocenters. The van der Waals surface area contributed by atoms with Crippen molar-refractivity contribution in [3.05, 3.63) is 29.3 Å². The van der Waals surface area contributed by atoms with Crippen LogP contribution < -0.4 is 0 Å². The van der Waals surface area contributed by atoms with E-state index in [1.807, 2.05) is 6.07 Å². The van der Waals surface area contributed by atoms with Gasteiger partial charge < -0.3 is 4.74 Å². The minimum absolute atomic E-state index is 0.369. The highest BCUT2D eigenvalue weighted by Crippen LogP contribution is 2.28. The first kappa shape index (κ1) is 8.14. The monoisotopic (exact) mass is 180 g/mol. The van der Waals surface area contributed by atoms with Crippen LogP contribution >= 0.6 is 12.6 Å². The molecule has 1 nitrogen and oxygen atoms in total. The van der Waals surface area contributed by atoms with E-state index in [9.17, 15) is 0 Å². The van der Waals surface area contributed by atoms with E-state index in [4.69, 9.17) is 4.74 Å². The highest BCUT2D eigenvalue weighted by molar-refractivity contribution is 7.80. The van der Waals surface area contributed by atoms with Gasteiger partial charge in [0.15, 0.2) is 0 Å². The number of fused-ring (bicyclic) bond motifs is 1. The van der Waals surface area contributed by atoms with Crippen molar-refractivity contribution in [2.45, 2.75) is 23.8 Å². The first-order valence-electron chi connectivity index (χ1n) is 4.14. The highest BCUT2D eigenvalue weighted by atomic mass is 32.1. The van der Waals surface area contributed by atoms with Gasteiger partial charge in [-0.15, -0.1) is 12.6 Å². The van der Waals surface area contributed by atoms with Crippen molar-refractivity contribution in [3.63, 3.8) is 0 Å².